The summed E-state index contributed by atoms with van der Waals surface area (Å²) in [6.07, 6.45) is 4.52. The molecule has 3 aromatic rings. The maximum absolute atomic E-state index is 13.0. The Morgan fingerprint density at radius 3 is 2.46 bits per heavy atom. The van der Waals surface area contributed by atoms with E-state index in [0.717, 1.165) is 28.8 Å². The monoisotopic (exact) mass is 358 g/mol. The fourth-order valence-corrected chi connectivity index (χ4v) is 4.17. The quantitative estimate of drug-likeness (QED) is 0.729. The van der Waals surface area contributed by atoms with Crippen molar-refractivity contribution in [2.45, 2.75) is 52.1 Å². The van der Waals surface area contributed by atoms with Crippen molar-refractivity contribution in [2.75, 3.05) is 0 Å². The van der Waals surface area contributed by atoms with Crippen LogP contribution in [0.4, 0.5) is 0 Å². The smallest absolute Gasteiger partial charge is 0.332 e. The third kappa shape index (κ3) is 2.09. The molecule has 0 aliphatic heterocycles. The molecule has 0 atom stereocenters. The zero-order valence-electron chi connectivity index (χ0n) is 15.2. The van der Waals surface area contributed by atoms with Crippen molar-refractivity contribution in [2.24, 2.45) is 12.8 Å². The minimum Gasteiger partial charge on any atom is -0.368 e. The van der Waals surface area contributed by atoms with E-state index in [4.69, 9.17) is 5.73 Å². The van der Waals surface area contributed by atoms with Gasteiger partial charge in [-0.1, -0.05) is 12.8 Å². The molecule has 1 fully saturated rings. The van der Waals surface area contributed by atoms with Crippen LogP contribution in [0.3, 0.4) is 0 Å². The number of imidazole rings is 2. The summed E-state index contributed by atoms with van der Waals surface area (Å²) in [4.78, 5) is 41.4. The Morgan fingerprint density at radius 1 is 1.19 bits per heavy atom. The molecule has 0 radical (unpaired) electrons. The second-order valence-electron chi connectivity index (χ2n) is 7.10. The van der Waals surface area contributed by atoms with Crippen LogP contribution in [0, 0.1) is 13.8 Å². The maximum Gasteiger partial charge on any atom is 0.332 e. The molecule has 0 saturated heterocycles. The highest BCUT2D eigenvalue weighted by Crippen LogP contribution is 2.34. The Balaban J connectivity index is 2.15. The number of carbonyl (C=O) groups excluding carboxylic acids is 1. The number of hydrogen-bond donors (Lipinski definition) is 1. The number of aryl methyl sites for hydroxylation is 2. The Bertz CT molecular complexity index is 1170. The van der Waals surface area contributed by atoms with Gasteiger partial charge in [0.15, 0.2) is 11.2 Å². The molecule has 0 bridgehead atoms. The lowest BCUT2D eigenvalue weighted by Crippen LogP contribution is -2.42. The van der Waals surface area contributed by atoms with Crippen molar-refractivity contribution in [3.63, 3.8) is 0 Å². The molecule has 1 aliphatic rings. The van der Waals surface area contributed by atoms with Crippen LogP contribution in [0.1, 0.15) is 43.1 Å². The summed E-state index contributed by atoms with van der Waals surface area (Å²) in [6.45, 7) is 3.52. The number of nitrogens with two attached hydrogens (primary N) is 1. The third-order valence-corrected chi connectivity index (χ3v) is 5.56. The van der Waals surface area contributed by atoms with E-state index in [1.54, 1.807) is 7.05 Å². The average molecular weight is 358 g/mol. The van der Waals surface area contributed by atoms with Gasteiger partial charge in [0.25, 0.3) is 5.56 Å². The SMILES string of the molecule is Cc1c(C)n2c3c(=O)n(CC(N)=O)c(=O)n(C)c3nc2n1C1CCCC1. The number of carbonyl (C=O) groups is 1. The molecule has 1 saturated carbocycles. The van der Waals surface area contributed by atoms with Crippen molar-refractivity contribution in [3.05, 3.63) is 32.2 Å². The molecule has 1 aliphatic carbocycles. The first kappa shape index (κ1) is 16.6. The predicted molar refractivity (Wildman–Crippen MR) is 96.4 cm³/mol. The van der Waals surface area contributed by atoms with Crippen molar-refractivity contribution >= 4 is 22.8 Å². The van der Waals surface area contributed by atoms with Crippen LogP contribution >= 0.6 is 0 Å². The Kier molecular flexibility index (Phi) is 3.57. The molecule has 138 valence electrons. The summed E-state index contributed by atoms with van der Waals surface area (Å²) in [5.74, 6) is -0.0634. The zero-order chi connectivity index (χ0) is 18.7. The van der Waals surface area contributed by atoms with Gasteiger partial charge in [-0.25, -0.2) is 9.36 Å². The van der Waals surface area contributed by atoms with Gasteiger partial charge in [-0.2, -0.15) is 4.98 Å². The maximum atomic E-state index is 13.0. The van der Waals surface area contributed by atoms with Crippen LogP contribution in [0.5, 0.6) is 0 Å². The van der Waals surface area contributed by atoms with Gasteiger partial charge < -0.3 is 10.3 Å². The molecule has 1 amide bonds. The van der Waals surface area contributed by atoms with Crippen molar-refractivity contribution in [3.8, 4) is 0 Å². The minimum absolute atomic E-state index is 0.306. The lowest BCUT2D eigenvalue weighted by atomic mass is 10.2. The molecule has 26 heavy (non-hydrogen) atoms. The molecule has 9 heteroatoms. The van der Waals surface area contributed by atoms with Gasteiger partial charge in [-0.3, -0.25) is 18.6 Å². The van der Waals surface area contributed by atoms with E-state index in [1.165, 1.54) is 17.4 Å². The highest BCUT2D eigenvalue weighted by atomic mass is 16.2. The van der Waals surface area contributed by atoms with Gasteiger partial charge in [0.05, 0.1) is 0 Å². The Morgan fingerprint density at radius 2 is 1.85 bits per heavy atom. The van der Waals surface area contributed by atoms with E-state index < -0.39 is 23.7 Å². The number of nitrogens with zero attached hydrogens (tertiary/aromatic N) is 5. The van der Waals surface area contributed by atoms with Gasteiger partial charge in [-0.05, 0) is 26.7 Å². The van der Waals surface area contributed by atoms with Crippen LogP contribution in [-0.4, -0.2) is 29.0 Å². The molecule has 4 rings (SSSR count). The molecule has 0 unspecified atom stereocenters. The predicted octanol–water partition coefficient (Wildman–Crippen LogP) is 0.367. The second-order valence-corrected chi connectivity index (χ2v) is 7.10. The van der Waals surface area contributed by atoms with Gasteiger partial charge >= 0.3 is 5.69 Å². The average Bonchev–Trinajstić information content (AvgIpc) is 3.28. The lowest BCUT2D eigenvalue weighted by Gasteiger charge is -2.13. The minimum atomic E-state index is -0.735. The molecule has 9 nitrogen and oxygen atoms in total. The van der Waals surface area contributed by atoms with Crippen LogP contribution in [0.2, 0.25) is 0 Å². The number of aromatic nitrogens is 5. The van der Waals surface area contributed by atoms with E-state index in [1.807, 2.05) is 18.2 Å². The van der Waals surface area contributed by atoms with Gasteiger partial charge in [0.1, 0.15) is 6.54 Å². The molecule has 2 N–H and O–H groups in total. The standard InChI is InChI=1S/C17H22N6O3/c1-9-10(2)23-13-14(19-16(23)22(9)11-6-4-5-7-11)20(3)17(26)21(15(13)25)8-12(18)24/h11H,4-8H2,1-3H3,(H2,18,24). The highest BCUT2D eigenvalue weighted by Gasteiger charge is 2.27. The molecule has 3 heterocycles. The van der Waals surface area contributed by atoms with Crippen molar-refractivity contribution < 1.29 is 4.79 Å². The highest BCUT2D eigenvalue weighted by molar-refractivity contribution is 5.78. The Hall–Kier alpha value is -2.84. The molecule has 0 spiro atoms. The van der Waals surface area contributed by atoms with Gasteiger partial charge in [0.2, 0.25) is 11.7 Å². The van der Waals surface area contributed by atoms with E-state index >= 15 is 0 Å². The van der Waals surface area contributed by atoms with Crippen LogP contribution < -0.4 is 17.0 Å². The first-order chi connectivity index (χ1) is 12.3. The zero-order valence-corrected chi connectivity index (χ0v) is 15.2. The number of rotatable bonds is 3. The van der Waals surface area contributed by atoms with Crippen molar-refractivity contribution in [1.82, 2.24) is 23.1 Å². The Labute approximate surface area is 148 Å². The fraction of sp³-hybridized carbons (Fsp3) is 0.529. The topological polar surface area (TPSA) is 109 Å². The van der Waals surface area contributed by atoms with Gasteiger partial charge in [0, 0.05) is 24.5 Å². The normalized spacial score (nSPS) is 15.5. The molecule has 0 aromatic carbocycles. The summed E-state index contributed by atoms with van der Waals surface area (Å²) in [5, 5.41) is 0. The summed E-state index contributed by atoms with van der Waals surface area (Å²) < 4.78 is 6.17. The molecular weight excluding hydrogens is 336 g/mol. The largest absolute Gasteiger partial charge is 0.368 e. The third-order valence-electron chi connectivity index (χ3n) is 5.56. The van der Waals surface area contributed by atoms with Crippen LogP contribution in [0.25, 0.3) is 16.9 Å². The van der Waals surface area contributed by atoms with E-state index in [2.05, 4.69) is 9.55 Å². The summed E-state index contributed by atoms with van der Waals surface area (Å²) in [6, 6.07) is 0.355. The number of primary amides is 1. The second kappa shape index (κ2) is 5.58. The number of amides is 1. The van der Waals surface area contributed by atoms with E-state index in [-0.39, 0.29) is 0 Å². The first-order valence-corrected chi connectivity index (χ1v) is 8.80. The van der Waals surface area contributed by atoms with Crippen molar-refractivity contribution in [1.29, 1.82) is 0 Å². The van der Waals surface area contributed by atoms with E-state index in [0.29, 0.717) is 23.0 Å². The molecular formula is C17H22N6O3. The fourth-order valence-electron chi connectivity index (χ4n) is 4.17. The van der Waals surface area contributed by atoms with Gasteiger partial charge in [-0.15, -0.1) is 0 Å². The van der Waals surface area contributed by atoms with E-state index in [9.17, 15) is 14.4 Å². The van der Waals surface area contributed by atoms with Crippen LogP contribution in [-0.2, 0) is 18.4 Å². The lowest BCUT2D eigenvalue weighted by molar-refractivity contribution is -0.118. The summed E-state index contributed by atoms with van der Waals surface area (Å²) >= 11 is 0. The summed E-state index contributed by atoms with van der Waals surface area (Å²) in [7, 11) is 1.55. The number of hydrogen-bond acceptors (Lipinski definition) is 4. The first-order valence-electron chi connectivity index (χ1n) is 8.80. The summed E-state index contributed by atoms with van der Waals surface area (Å²) in [5.41, 5.74) is 6.69. The molecule has 3 aromatic heterocycles. The van der Waals surface area contributed by atoms with Crippen LogP contribution in [0.15, 0.2) is 9.59 Å². The number of fused-ring (bicyclic) bond motifs is 3.